The molecular weight excluding hydrogens is 386 g/mol. The molecule has 2 aliphatic rings. The van der Waals surface area contributed by atoms with E-state index < -0.39 is 5.91 Å². The van der Waals surface area contributed by atoms with E-state index in [1.165, 1.54) is 6.20 Å². The maximum atomic E-state index is 11.6. The third-order valence-electron chi connectivity index (χ3n) is 4.70. The highest BCUT2D eigenvalue weighted by atomic mass is 32.2. The first kappa shape index (κ1) is 19.4. The molecule has 9 heteroatoms. The molecule has 0 unspecified atom stereocenters. The number of amides is 1. The minimum Gasteiger partial charge on any atom is -0.367 e. The zero-order chi connectivity index (χ0) is 20.2. The lowest BCUT2D eigenvalue weighted by Gasteiger charge is -2.30. The van der Waals surface area contributed by atoms with Gasteiger partial charge in [-0.25, -0.2) is 4.98 Å². The maximum Gasteiger partial charge on any atom is 0.254 e. The second kappa shape index (κ2) is 8.60. The van der Waals surface area contributed by atoms with E-state index in [0.29, 0.717) is 23.4 Å². The van der Waals surface area contributed by atoms with E-state index in [-0.39, 0.29) is 0 Å². The number of rotatable bonds is 8. The summed E-state index contributed by atoms with van der Waals surface area (Å²) in [5.74, 6) is 1.46. The van der Waals surface area contributed by atoms with E-state index in [1.54, 1.807) is 0 Å². The van der Waals surface area contributed by atoms with Gasteiger partial charge in [-0.1, -0.05) is 18.9 Å². The first-order valence-electron chi connectivity index (χ1n) is 9.77. The summed E-state index contributed by atoms with van der Waals surface area (Å²) in [5.41, 5.74) is 7.75. The predicted molar refractivity (Wildman–Crippen MR) is 118 cm³/mol. The largest absolute Gasteiger partial charge is 0.367 e. The number of nitrogens with two attached hydrogens (primary N) is 1. The lowest BCUT2D eigenvalue weighted by Crippen LogP contribution is -2.31. The number of carbonyl (C=O) groups is 1. The van der Waals surface area contributed by atoms with Gasteiger partial charge >= 0.3 is 0 Å². The van der Waals surface area contributed by atoms with Crippen molar-refractivity contribution in [3.8, 4) is 0 Å². The van der Waals surface area contributed by atoms with Crippen molar-refractivity contribution in [1.29, 1.82) is 0 Å². The zero-order valence-corrected chi connectivity index (χ0v) is 17.2. The molecule has 29 heavy (non-hydrogen) atoms. The predicted octanol–water partition coefficient (Wildman–Crippen LogP) is 3.15. The second-order valence-electron chi connectivity index (χ2n) is 6.96. The van der Waals surface area contributed by atoms with E-state index in [0.717, 1.165) is 43.1 Å². The molecule has 2 heterocycles. The summed E-state index contributed by atoms with van der Waals surface area (Å²) in [5, 5.41) is 6.44. The van der Waals surface area contributed by atoms with Gasteiger partial charge in [0.15, 0.2) is 0 Å². The third-order valence-corrected chi connectivity index (χ3v) is 5.59. The molecule has 1 amide bonds. The van der Waals surface area contributed by atoms with Crippen LogP contribution in [0.4, 0.5) is 23.1 Å². The molecule has 1 aliphatic carbocycles. The third kappa shape index (κ3) is 4.92. The van der Waals surface area contributed by atoms with E-state index in [1.807, 2.05) is 24.1 Å². The number of anilines is 4. The Hall–Kier alpha value is -2.94. The summed E-state index contributed by atoms with van der Waals surface area (Å²) in [7, 11) is 0. The molecule has 0 saturated heterocycles. The monoisotopic (exact) mass is 411 g/mol. The van der Waals surface area contributed by atoms with E-state index in [2.05, 4.69) is 61.3 Å². The van der Waals surface area contributed by atoms with Gasteiger partial charge < -0.3 is 25.6 Å². The molecular formula is C20H25N7OS. The molecule has 0 atom stereocenters. The van der Waals surface area contributed by atoms with Crippen molar-refractivity contribution in [2.45, 2.75) is 25.8 Å². The number of nitrogens with zero attached hydrogens (tertiary/aromatic N) is 4. The molecule has 152 valence electrons. The zero-order valence-electron chi connectivity index (χ0n) is 16.3. The van der Waals surface area contributed by atoms with Crippen LogP contribution in [0, 0.1) is 0 Å². The van der Waals surface area contributed by atoms with Gasteiger partial charge in [-0.15, -0.1) is 0 Å². The van der Waals surface area contributed by atoms with Crippen molar-refractivity contribution in [3.63, 3.8) is 0 Å². The van der Waals surface area contributed by atoms with Crippen molar-refractivity contribution >= 4 is 41.0 Å². The standard InChI is InChI=1S/C20H25N7OS/c1-2-29-27-11-9-26(10-12-27)16-7-5-15(6-8-16)24-20-22-13-17(18(21)28)19(25-20)23-14-3-4-14/h5-9,11,13-14H,2-4,10,12H2,1H3,(H2,21,28)(H2,22,23,24,25). The minimum absolute atomic E-state index is 0.310. The SMILES string of the molecule is CCSN1C=CN(c2ccc(Nc3ncc(C(N)=O)c(NC4CC4)n3)cc2)CC1. The van der Waals surface area contributed by atoms with E-state index >= 15 is 0 Å². The van der Waals surface area contributed by atoms with Crippen LogP contribution in [0.1, 0.15) is 30.1 Å². The van der Waals surface area contributed by atoms with Gasteiger partial charge in [-0.3, -0.25) is 4.79 Å². The van der Waals surface area contributed by atoms with Crippen LogP contribution in [0.2, 0.25) is 0 Å². The number of carbonyl (C=O) groups excluding carboxylic acids is 1. The van der Waals surface area contributed by atoms with Crippen molar-refractivity contribution < 1.29 is 4.79 Å². The molecule has 4 rings (SSSR count). The number of hydrogen-bond acceptors (Lipinski definition) is 8. The summed E-state index contributed by atoms with van der Waals surface area (Å²) in [6.07, 6.45) is 7.84. The Kier molecular flexibility index (Phi) is 5.75. The summed E-state index contributed by atoms with van der Waals surface area (Å²) >= 11 is 1.83. The Balaban J connectivity index is 1.43. The Morgan fingerprint density at radius 3 is 2.66 bits per heavy atom. The van der Waals surface area contributed by atoms with Gasteiger partial charge in [0.2, 0.25) is 5.95 Å². The van der Waals surface area contributed by atoms with Crippen molar-refractivity contribution in [1.82, 2.24) is 14.3 Å². The minimum atomic E-state index is -0.533. The Bertz CT molecular complexity index is 898. The molecule has 1 fully saturated rings. The average Bonchev–Trinajstić information content (AvgIpc) is 3.53. The van der Waals surface area contributed by atoms with Crippen LogP contribution < -0.4 is 21.3 Å². The molecule has 0 radical (unpaired) electrons. The first-order chi connectivity index (χ1) is 14.1. The number of nitrogens with one attached hydrogen (secondary N) is 2. The van der Waals surface area contributed by atoms with E-state index in [4.69, 9.17) is 5.73 Å². The van der Waals surface area contributed by atoms with Crippen LogP contribution >= 0.6 is 11.9 Å². The highest BCUT2D eigenvalue weighted by Crippen LogP contribution is 2.27. The lowest BCUT2D eigenvalue weighted by molar-refractivity contribution is 0.100. The average molecular weight is 412 g/mol. The molecule has 1 aromatic heterocycles. The molecule has 1 aliphatic heterocycles. The molecule has 2 aromatic rings. The fourth-order valence-corrected chi connectivity index (χ4v) is 3.70. The highest BCUT2D eigenvalue weighted by molar-refractivity contribution is 7.97. The van der Waals surface area contributed by atoms with Crippen molar-refractivity contribution in [2.75, 3.05) is 34.4 Å². The molecule has 8 nitrogen and oxygen atoms in total. The van der Waals surface area contributed by atoms with Gasteiger partial charge in [-0.05, 0) is 37.1 Å². The smallest absolute Gasteiger partial charge is 0.254 e. The second-order valence-corrected chi connectivity index (χ2v) is 8.27. The van der Waals surface area contributed by atoms with Crippen LogP contribution in [0.5, 0.6) is 0 Å². The van der Waals surface area contributed by atoms with Gasteiger partial charge in [0.1, 0.15) is 5.82 Å². The molecule has 0 spiro atoms. The number of primary amides is 1. The van der Waals surface area contributed by atoms with Crippen LogP contribution in [0.25, 0.3) is 0 Å². The number of aromatic nitrogens is 2. The van der Waals surface area contributed by atoms with Crippen LogP contribution in [0.3, 0.4) is 0 Å². The fourth-order valence-electron chi connectivity index (χ4n) is 3.02. The van der Waals surface area contributed by atoms with Crippen LogP contribution in [-0.4, -0.2) is 45.1 Å². The quantitative estimate of drug-likeness (QED) is 0.570. The summed E-state index contributed by atoms with van der Waals surface area (Å²) in [4.78, 5) is 22.5. The fraction of sp³-hybridized carbons (Fsp3) is 0.350. The number of benzene rings is 1. The Labute approximate surface area is 174 Å². The molecule has 1 saturated carbocycles. The maximum absolute atomic E-state index is 11.6. The van der Waals surface area contributed by atoms with Gasteiger partial charge in [0, 0.05) is 54.9 Å². The van der Waals surface area contributed by atoms with Crippen LogP contribution in [0.15, 0.2) is 42.9 Å². The van der Waals surface area contributed by atoms with Crippen LogP contribution in [-0.2, 0) is 0 Å². The normalized spacial score (nSPS) is 16.0. The van der Waals surface area contributed by atoms with E-state index in [9.17, 15) is 4.79 Å². The topological polar surface area (TPSA) is 99.4 Å². The summed E-state index contributed by atoms with van der Waals surface area (Å²) in [6.45, 7) is 4.10. The van der Waals surface area contributed by atoms with Gasteiger partial charge in [-0.2, -0.15) is 4.98 Å². The summed E-state index contributed by atoms with van der Waals surface area (Å²) < 4.78 is 2.26. The Morgan fingerprint density at radius 1 is 1.24 bits per heavy atom. The molecule has 0 bridgehead atoms. The van der Waals surface area contributed by atoms with Crippen molar-refractivity contribution in [3.05, 3.63) is 48.4 Å². The number of hydrogen-bond donors (Lipinski definition) is 3. The molecule has 4 N–H and O–H groups in total. The first-order valence-corrected chi connectivity index (χ1v) is 10.7. The summed E-state index contributed by atoms with van der Waals surface area (Å²) in [6, 6.07) is 8.48. The Morgan fingerprint density at radius 2 is 2.03 bits per heavy atom. The van der Waals surface area contributed by atoms with Gasteiger partial charge in [0.25, 0.3) is 5.91 Å². The molecule has 1 aromatic carbocycles. The van der Waals surface area contributed by atoms with Gasteiger partial charge in [0.05, 0.1) is 5.56 Å². The lowest BCUT2D eigenvalue weighted by atomic mass is 10.2. The van der Waals surface area contributed by atoms with Crippen molar-refractivity contribution in [2.24, 2.45) is 5.73 Å². The highest BCUT2D eigenvalue weighted by Gasteiger charge is 2.24.